The van der Waals surface area contributed by atoms with Gasteiger partial charge in [-0.3, -0.25) is 0 Å². The van der Waals surface area contributed by atoms with E-state index in [2.05, 4.69) is 10.3 Å². The lowest BCUT2D eigenvalue weighted by Crippen LogP contribution is -2.67. The highest BCUT2D eigenvalue weighted by Crippen LogP contribution is 2.42. The van der Waals surface area contributed by atoms with Crippen molar-refractivity contribution < 1.29 is 29.2 Å². The standard InChI is InChI=1S/C19H25FN4O5/c1-9-5-11(6-12(20)10(9)2)13-7-24(23-22-13)16-17(26)14(8-25)29-19(18(16)27)15(21)3-4-28-19/h5-7,14-18,25-27H,3-4,8,21H2,1-2H3/t14-,15-,16+,17+,18-,19+/m1/s1. The second-order valence-electron chi connectivity index (χ2n) is 7.71. The van der Waals surface area contributed by atoms with Gasteiger partial charge >= 0.3 is 0 Å². The summed E-state index contributed by atoms with van der Waals surface area (Å²) < 4.78 is 26.8. The number of rotatable bonds is 3. The highest BCUT2D eigenvalue weighted by atomic mass is 19.1. The Kier molecular flexibility index (Phi) is 5.18. The highest BCUT2D eigenvalue weighted by Gasteiger charge is 2.60. The molecule has 1 aromatic carbocycles. The van der Waals surface area contributed by atoms with Gasteiger partial charge in [0, 0.05) is 5.56 Å². The SMILES string of the molecule is Cc1cc(-c2cn([C@H]3[C@@H](O)[C@@H](CO)O[C@]4(OCC[C@H]4N)[C@@H]3O)nn2)cc(F)c1C. The van der Waals surface area contributed by atoms with Gasteiger partial charge < -0.3 is 30.5 Å². The van der Waals surface area contributed by atoms with Crippen molar-refractivity contribution in [1.82, 2.24) is 15.0 Å². The molecule has 2 saturated heterocycles. The molecule has 2 aromatic rings. The van der Waals surface area contributed by atoms with Gasteiger partial charge in [0.1, 0.15) is 35.9 Å². The normalized spacial score (nSPS) is 34.8. The lowest BCUT2D eigenvalue weighted by Gasteiger charge is -2.49. The smallest absolute Gasteiger partial charge is 0.212 e. The number of nitrogens with two attached hydrogens (primary N) is 1. The molecular weight excluding hydrogens is 383 g/mol. The van der Waals surface area contributed by atoms with Crippen LogP contribution in [0.4, 0.5) is 4.39 Å². The number of aromatic nitrogens is 3. The van der Waals surface area contributed by atoms with E-state index in [1.165, 1.54) is 16.9 Å². The summed E-state index contributed by atoms with van der Waals surface area (Å²) in [4.78, 5) is 0. The van der Waals surface area contributed by atoms with Gasteiger partial charge in [-0.15, -0.1) is 5.10 Å². The summed E-state index contributed by atoms with van der Waals surface area (Å²) in [5, 5.41) is 39.5. The number of hydrogen-bond donors (Lipinski definition) is 4. The summed E-state index contributed by atoms with van der Waals surface area (Å²) in [7, 11) is 0. The molecule has 0 saturated carbocycles. The molecule has 2 aliphatic heterocycles. The van der Waals surface area contributed by atoms with E-state index in [0.29, 0.717) is 23.2 Å². The summed E-state index contributed by atoms with van der Waals surface area (Å²) in [6.45, 7) is 3.28. The molecule has 2 fully saturated rings. The Morgan fingerprint density at radius 2 is 2.10 bits per heavy atom. The largest absolute Gasteiger partial charge is 0.394 e. The predicted molar refractivity (Wildman–Crippen MR) is 99.2 cm³/mol. The van der Waals surface area contributed by atoms with Crippen LogP contribution in [-0.2, 0) is 9.47 Å². The summed E-state index contributed by atoms with van der Waals surface area (Å²) in [5.41, 5.74) is 8.34. The number of ether oxygens (including phenoxy) is 2. The predicted octanol–water partition coefficient (Wildman–Crippen LogP) is -0.201. The van der Waals surface area contributed by atoms with Crippen LogP contribution in [0, 0.1) is 19.7 Å². The number of aliphatic hydroxyl groups is 3. The number of aryl methyl sites for hydroxylation is 1. The van der Waals surface area contributed by atoms with Crippen molar-refractivity contribution in [1.29, 1.82) is 0 Å². The zero-order chi connectivity index (χ0) is 20.9. The summed E-state index contributed by atoms with van der Waals surface area (Å²) in [6, 6.07) is 1.49. The molecule has 0 aliphatic carbocycles. The Hall–Kier alpha value is -1.95. The topological polar surface area (TPSA) is 136 Å². The molecule has 158 valence electrons. The van der Waals surface area contributed by atoms with Crippen molar-refractivity contribution in [3.05, 3.63) is 35.3 Å². The molecule has 0 amide bonds. The van der Waals surface area contributed by atoms with Crippen molar-refractivity contribution in [2.75, 3.05) is 13.2 Å². The second kappa shape index (κ2) is 7.38. The van der Waals surface area contributed by atoms with Gasteiger partial charge in [-0.05, 0) is 43.5 Å². The van der Waals surface area contributed by atoms with E-state index in [9.17, 15) is 19.7 Å². The van der Waals surface area contributed by atoms with E-state index >= 15 is 0 Å². The minimum absolute atomic E-state index is 0.281. The molecule has 9 nitrogen and oxygen atoms in total. The number of nitrogens with zero attached hydrogens (tertiary/aromatic N) is 3. The van der Waals surface area contributed by atoms with Crippen LogP contribution in [-0.4, -0.2) is 73.7 Å². The van der Waals surface area contributed by atoms with E-state index < -0.39 is 42.8 Å². The first-order valence-electron chi connectivity index (χ1n) is 9.51. The first kappa shape index (κ1) is 20.3. The van der Waals surface area contributed by atoms with Gasteiger partial charge in [0.2, 0.25) is 5.79 Å². The van der Waals surface area contributed by atoms with Crippen LogP contribution in [0.3, 0.4) is 0 Å². The van der Waals surface area contributed by atoms with Crippen molar-refractivity contribution in [3.8, 4) is 11.3 Å². The molecule has 4 rings (SSSR count). The third-order valence-electron chi connectivity index (χ3n) is 5.97. The molecule has 1 aromatic heterocycles. The number of halogens is 1. The summed E-state index contributed by atoms with van der Waals surface area (Å²) >= 11 is 0. The van der Waals surface area contributed by atoms with E-state index in [0.717, 1.165) is 5.56 Å². The minimum Gasteiger partial charge on any atom is -0.394 e. The Labute approximate surface area is 166 Å². The quantitative estimate of drug-likeness (QED) is 0.548. The van der Waals surface area contributed by atoms with Crippen LogP contribution in [0.15, 0.2) is 18.3 Å². The first-order chi connectivity index (χ1) is 13.8. The van der Waals surface area contributed by atoms with Crippen molar-refractivity contribution in [2.24, 2.45) is 5.73 Å². The average Bonchev–Trinajstić information content (AvgIpc) is 3.31. The molecule has 1 spiro atoms. The zero-order valence-electron chi connectivity index (χ0n) is 16.2. The third kappa shape index (κ3) is 3.16. The van der Waals surface area contributed by atoms with Gasteiger partial charge in [0.15, 0.2) is 0 Å². The van der Waals surface area contributed by atoms with Gasteiger partial charge in [-0.25, -0.2) is 9.07 Å². The minimum atomic E-state index is -1.56. The van der Waals surface area contributed by atoms with Gasteiger partial charge in [0.25, 0.3) is 0 Å². The van der Waals surface area contributed by atoms with Crippen molar-refractivity contribution in [3.63, 3.8) is 0 Å². The second-order valence-corrected chi connectivity index (χ2v) is 7.71. The Bertz CT molecular complexity index is 885. The lowest BCUT2D eigenvalue weighted by atomic mass is 9.87. The number of hydrogen-bond acceptors (Lipinski definition) is 8. The van der Waals surface area contributed by atoms with E-state index in [4.69, 9.17) is 15.2 Å². The summed E-state index contributed by atoms with van der Waals surface area (Å²) in [6.07, 6.45) is -1.71. The van der Waals surface area contributed by atoms with Crippen LogP contribution in [0.1, 0.15) is 23.6 Å². The Morgan fingerprint density at radius 1 is 1.34 bits per heavy atom. The molecule has 10 heteroatoms. The van der Waals surface area contributed by atoms with Crippen LogP contribution in [0.2, 0.25) is 0 Å². The van der Waals surface area contributed by atoms with Crippen molar-refractivity contribution in [2.45, 2.75) is 56.5 Å². The fourth-order valence-corrected chi connectivity index (χ4v) is 4.07. The average molecular weight is 408 g/mol. The zero-order valence-corrected chi connectivity index (χ0v) is 16.2. The van der Waals surface area contributed by atoms with Crippen molar-refractivity contribution >= 4 is 0 Å². The Morgan fingerprint density at radius 3 is 2.72 bits per heavy atom. The fraction of sp³-hybridized carbons (Fsp3) is 0.579. The molecule has 0 unspecified atom stereocenters. The molecular formula is C19H25FN4O5. The fourth-order valence-electron chi connectivity index (χ4n) is 4.07. The van der Waals surface area contributed by atoms with Gasteiger partial charge in [0.05, 0.1) is 25.5 Å². The third-order valence-corrected chi connectivity index (χ3v) is 5.97. The molecule has 29 heavy (non-hydrogen) atoms. The van der Waals surface area contributed by atoms with Crippen LogP contribution in [0.5, 0.6) is 0 Å². The first-order valence-corrected chi connectivity index (χ1v) is 9.51. The van der Waals surface area contributed by atoms with E-state index in [1.807, 2.05) is 0 Å². The molecule has 0 radical (unpaired) electrons. The highest BCUT2D eigenvalue weighted by molar-refractivity contribution is 5.60. The molecule has 6 atom stereocenters. The van der Waals surface area contributed by atoms with Crippen LogP contribution < -0.4 is 5.73 Å². The molecule has 3 heterocycles. The molecule has 5 N–H and O–H groups in total. The van der Waals surface area contributed by atoms with E-state index in [1.54, 1.807) is 19.9 Å². The maximum absolute atomic E-state index is 14.1. The molecule has 2 aliphatic rings. The monoisotopic (exact) mass is 408 g/mol. The summed E-state index contributed by atoms with van der Waals surface area (Å²) in [5.74, 6) is -1.92. The van der Waals surface area contributed by atoms with Crippen LogP contribution >= 0.6 is 0 Å². The van der Waals surface area contributed by atoms with Gasteiger partial charge in [-0.2, -0.15) is 0 Å². The maximum atomic E-state index is 14.1. The number of aliphatic hydroxyl groups excluding tert-OH is 3. The number of benzene rings is 1. The lowest BCUT2D eigenvalue weighted by molar-refractivity contribution is -0.343. The molecule has 0 bridgehead atoms. The maximum Gasteiger partial charge on any atom is 0.212 e. The van der Waals surface area contributed by atoms with E-state index in [-0.39, 0.29) is 12.4 Å². The Balaban J connectivity index is 1.72. The van der Waals surface area contributed by atoms with Gasteiger partial charge in [-0.1, -0.05) is 5.21 Å². The van der Waals surface area contributed by atoms with Crippen LogP contribution in [0.25, 0.3) is 11.3 Å².